The summed E-state index contributed by atoms with van der Waals surface area (Å²) in [5.41, 5.74) is 1.55. The number of rotatable bonds is 1. The SMILES string of the molecule is CC(=O)c1cccc2c1OC(=S)NC2. The summed E-state index contributed by atoms with van der Waals surface area (Å²) in [6, 6.07) is 5.50. The van der Waals surface area contributed by atoms with E-state index >= 15 is 0 Å². The van der Waals surface area contributed by atoms with E-state index in [0.717, 1.165) is 5.56 Å². The minimum absolute atomic E-state index is 0.00782. The number of thiocarbonyl (C=S) groups is 1. The van der Waals surface area contributed by atoms with Crippen LogP contribution in [0.4, 0.5) is 0 Å². The molecule has 0 saturated carbocycles. The first-order valence-electron chi connectivity index (χ1n) is 4.27. The van der Waals surface area contributed by atoms with Crippen LogP contribution in [0.3, 0.4) is 0 Å². The van der Waals surface area contributed by atoms with E-state index in [2.05, 4.69) is 5.32 Å². The third-order valence-electron chi connectivity index (χ3n) is 2.09. The van der Waals surface area contributed by atoms with Crippen LogP contribution in [0, 0.1) is 0 Å². The number of carbonyl (C=O) groups excluding carboxylic acids is 1. The van der Waals surface area contributed by atoms with Gasteiger partial charge in [0.15, 0.2) is 5.78 Å². The molecule has 1 aromatic carbocycles. The highest BCUT2D eigenvalue weighted by molar-refractivity contribution is 7.80. The zero-order valence-corrected chi connectivity index (χ0v) is 8.48. The van der Waals surface area contributed by atoms with Crippen molar-refractivity contribution in [1.29, 1.82) is 0 Å². The summed E-state index contributed by atoms with van der Waals surface area (Å²) in [7, 11) is 0. The third-order valence-corrected chi connectivity index (χ3v) is 2.32. The number of benzene rings is 1. The van der Waals surface area contributed by atoms with Gasteiger partial charge in [-0.1, -0.05) is 12.1 Å². The van der Waals surface area contributed by atoms with Crippen molar-refractivity contribution in [3.63, 3.8) is 0 Å². The maximum Gasteiger partial charge on any atom is 0.262 e. The minimum Gasteiger partial charge on any atom is -0.431 e. The molecule has 4 heteroatoms. The molecule has 0 amide bonds. The highest BCUT2D eigenvalue weighted by Crippen LogP contribution is 2.27. The highest BCUT2D eigenvalue weighted by Gasteiger charge is 2.18. The summed E-state index contributed by atoms with van der Waals surface area (Å²) in [4.78, 5) is 11.3. The Labute approximate surface area is 87.1 Å². The van der Waals surface area contributed by atoms with E-state index in [4.69, 9.17) is 17.0 Å². The fourth-order valence-corrected chi connectivity index (χ4v) is 1.57. The molecule has 1 aliphatic heterocycles. The van der Waals surface area contributed by atoms with Gasteiger partial charge < -0.3 is 10.1 Å². The predicted molar refractivity (Wildman–Crippen MR) is 56.5 cm³/mol. The van der Waals surface area contributed by atoms with Gasteiger partial charge >= 0.3 is 0 Å². The van der Waals surface area contributed by atoms with Crippen molar-refractivity contribution in [1.82, 2.24) is 5.32 Å². The summed E-state index contributed by atoms with van der Waals surface area (Å²) in [5.74, 6) is 0.593. The Morgan fingerprint density at radius 1 is 1.57 bits per heavy atom. The molecule has 0 radical (unpaired) electrons. The van der Waals surface area contributed by atoms with Gasteiger partial charge in [0.05, 0.1) is 5.56 Å². The fraction of sp³-hybridized carbons (Fsp3) is 0.200. The van der Waals surface area contributed by atoms with Crippen LogP contribution >= 0.6 is 12.2 Å². The highest BCUT2D eigenvalue weighted by atomic mass is 32.1. The van der Waals surface area contributed by atoms with Gasteiger partial charge in [0, 0.05) is 12.1 Å². The standard InChI is InChI=1S/C10H9NO2S/c1-6(12)8-4-2-3-7-5-11-10(14)13-9(7)8/h2-4H,5H2,1H3,(H,11,14). The molecule has 72 valence electrons. The van der Waals surface area contributed by atoms with Crippen LogP contribution in [-0.4, -0.2) is 11.0 Å². The number of ether oxygens (including phenoxy) is 1. The van der Waals surface area contributed by atoms with Gasteiger partial charge in [-0.3, -0.25) is 4.79 Å². The zero-order chi connectivity index (χ0) is 10.1. The van der Waals surface area contributed by atoms with Gasteiger partial charge in [-0.05, 0) is 25.2 Å². The van der Waals surface area contributed by atoms with Crippen molar-refractivity contribution in [3.8, 4) is 5.75 Å². The van der Waals surface area contributed by atoms with E-state index in [9.17, 15) is 4.79 Å². The van der Waals surface area contributed by atoms with Gasteiger partial charge in [-0.25, -0.2) is 0 Å². The first-order valence-corrected chi connectivity index (χ1v) is 4.68. The first-order chi connectivity index (χ1) is 6.68. The van der Waals surface area contributed by atoms with Crippen LogP contribution < -0.4 is 10.1 Å². The molecule has 1 aliphatic rings. The molecule has 0 aromatic heterocycles. The Bertz CT molecular complexity index is 415. The number of ketones is 1. The molecule has 0 bridgehead atoms. The van der Waals surface area contributed by atoms with Gasteiger partial charge in [0.25, 0.3) is 5.17 Å². The van der Waals surface area contributed by atoms with Crippen LogP contribution in [0.5, 0.6) is 5.75 Å². The van der Waals surface area contributed by atoms with Gasteiger partial charge in [-0.15, -0.1) is 0 Å². The Hall–Kier alpha value is -1.42. The zero-order valence-electron chi connectivity index (χ0n) is 7.66. The fourth-order valence-electron chi connectivity index (χ4n) is 1.42. The summed E-state index contributed by atoms with van der Waals surface area (Å²) in [6.07, 6.45) is 0. The third kappa shape index (κ3) is 1.48. The number of nitrogens with one attached hydrogen (secondary N) is 1. The number of Topliss-reactive ketones (excluding diaryl/α,β-unsaturated/α-hetero) is 1. The molecule has 14 heavy (non-hydrogen) atoms. The maximum absolute atomic E-state index is 11.3. The molecule has 0 spiro atoms. The Balaban J connectivity index is 2.54. The molecule has 0 fully saturated rings. The normalized spacial score (nSPS) is 13.9. The second-order valence-corrected chi connectivity index (χ2v) is 3.46. The van der Waals surface area contributed by atoms with E-state index < -0.39 is 0 Å². The van der Waals surface area contributed by atoms with Gasteiger partial charge in [0.1, 0.15) is 5.75 Å². The lowest BCUT2D eigenvalue weighted by molar-refractivity contribution is 0.101. The van der Waals surface area contributed by atoms with Crippen molar-refractivity contribution in [2.24, 2.45) is 0 Å². The van der Waals surface area contributed by atoms with Crippen LogP contribution in [-0.2, 0) is 6.54 Å². The van der Waals surface area contributed by atoms with Crippen LogP contribution in [0.1, 0.15) is 22.8 Å². The van der Waals surface area contributed by atoms with Gasteiger partial charge in [0.2, 0.25) is 0 Å². The number of para-hydroxylation sites is 1. The minimum atomic E-state index is -0.00782. The van der Waals surface area contributed by atoms with Crippen LogP contribution in [0.15, 0.2) is 18.2 Å². The van der Waals surface area contributed by atoms with E-state index in [0.29, 0.717) is 23.0 Å². The number of hydrogen-bond acceptors (Lipinski definition) is 3. The van der Waals surface area contributed by atoms with Crippen LogP contribution in [0.2, 0.25) is 0 Å². The van der Waals surface area contributed by atoms with Crippen molar-refractivity contribution in [3.05, 3.63) is 29.3 Å². The number of carbonyl (C=O) groups is 1. The summed E-state index contributed by atoms with van der Waals surface area (Å²) in [5, 5.41) is 3.23. The maximum atomic E-state index is 11.3. The summed E-state index contributed by atoms with van der Waals surface area (Å²) < 4.78 is 5.32. The van der Waals surface area contributed by atoms with Crippen molar-refractivity contribution >= 4 is 23.2 Å². The second-order valence-electron chi connectivity index (χ2n) is 3.09. The van der Waals surface area contributed by atoms with E-state index in [1.165, 1.54) is 6.92 Å². The molecule has 1 heterocycles. The van der Waals surface area contributed by atoms with Crippen molar-refractivity contribution < 1.29 is 9.53 Å². The first kappa shape index (κ1) is 9.15. The molecule has 2 rings (SSSR count). The molecule has 0 atom stereocenters. The molecule has 0 unspecified atom stereocenters. The molecule has 0 saturated heterocycles. The Morgan fingerprint density at radius 3 is 3.07 bits per heavy atom. The monoisotopic (exact) mass is 207 g/mol. The average Bonchev–Trinajstić information content (AvgIpc) is 2.16. The lowest BCUT2D eigenvalue weighted by Crippen LogP contribution is -2.31. The number of hydrogen-bond donors (Lipinski definition) is 1. The van der Waals surface area contributed by atoms with Crippen LogP contribution in [0.25, 0.3) is 0 Å². The smallest absolute Gasteiger partial charge is 0.262 e. The van der Waals surface area contributed by atoms with Crippen molar-refractivity contribution in [2.45, 2.75) is 13.5 Å². The second kappa shape index (κ2) is 3.38. The quantitative estimate of drug-likeness (QED) is 0.561. The van der Waals surface area contributed by atoms with Gasteiger partial charge in [-0.2, -0.15) is 0 Å². The molecule has 1 N–H and O–H groups in total. The molecular weight excluding hydrogens is 198 g/mol. The molecule has 3 nitrogen and oxygen atoms in total. The molecular formula is C10H9NO2S. The number of fused-ring (bicyclic) bond motifs is 1. The molecule has 1 aromatic rings. The lowest BCUT2D eigenvalue weighted by Gasteiger charge is -2.20. The van der Waals surface area contributed by atoms with E-state index in [1.54, 1.807) is 6.07 Å². The Morgan fingerprint density at radius 2 is 2.36 bits per heavy atom. The molecule has 0 aliphatic carbocycles. The average molecular weight is 207 g/mol. The predicted octanol–water partition coefficient (Wildman–Crippen LogP) is 1.66. The topological polar surface area (TPSA) is 38.3 Å². The largest absolute Gasteiger partial charge is 0.431 e. The van der Waals surface area contributed by atoms with E-state index in [-0.39, 0.29) is 5.78 Å². The Kier molecular flexibility index (Phi) is 2.21. The summed E-state index contributed by atoms with van der Waals surface area (Å²) >= 11 is 4.88. The lowest BCUT2D eigenvalue weighted by atomic mass is 10.1. The van der Waals surface area contributed by atoms with Crippen molar-refractivity contribution in [2.75, 3.05) is 0 Å². The summed E-state index contributed by atoms with van der Waals surface area (Å²) in [6.45, 7) is 2.14. The van der Waals surface area contributed by atoms with E-state index in [1.807, 2.05) is 12.1 Å².